The molecule has 0 radical (unpaired) electrons. The van der Waals surface area contributed by atoms with Crippen LogP contribution in [0.3, 0.4) is 0 Å². The van der Waals surface area contributed by atoms with Gasteiger partial charge in [-0.25, -0.2) is 0 Å². The highest BCUT2D eigenvalue weighted by atomic mass is 16.5. The van der Waals surface area contributed by atoms with E-state index < -0.39 is 11.5 Å². The van der Waals surface area contributed by atoms with Crippen LogP contribution in [0.4, 0.5) is 5.69 Å². The summed E-state index contributed by atoms with van der Waals surface area (Å²) < 4.78 is 11.4. The maximum atomic E-state index is 12.7. The molecule has 1 amide bonds. The fourth-order valence-electron chi connectivity index (χ4n) is 2.49. The minimum Gasteiger partial charge on any atom is -0.497 e. The largest absolute Gasteiger partial charge is 0.497 e. The molecule has 2 aromatic carbocycles. The molecule has 0 unspecified atom stereocenters. The Kier molecular flexibility index (Phi) is 5.21. The van der Waals surface area contributed by atoms with E-state index in [1.54, 1.807) is 43.5 Å². The Bertz CT molecular complexity index is 1010. The van der Waals surface area contributed by atoms with Crippen molar-refractivity contribution in [3.8, 4) is 17.2 Å². The van der Waals surface area contributed by atoms with Crippen LogP contribution < -0.4 is 20.3 Å². The molecule has 0 aliphatic rings. The van der Waals surface area contributed by atoms with Crippen LogP contribution in [0.2, 0.25) is 0 Å². The number of rotatable bonds is 5. The highest BCUT2D eigenvalue weighted by Crippen LogP contribution is 2.19. The molecule has 27 heavy (non-hydrogen) atoms. The smallest absolute Gasteiger partial charge is 0.280 e. The second-order valence-electron chi connectivity index (χ2n) is 5.83. The number of anilines is 1. The summed E-state index contributed by atoms with van der Waals surface area (Å²) in [6, 6.07) is 15.4. The lowest BCUT2D eigenvalue weighted by molar-refractivity contribution is 0.101. The molecule has 7 heteroatoms. The quantitative estimate of drug-likeness (QED) is 0.752. The number of ether oxygens (including phenoxy) is 2. The van der Waals surface area contributed by atoms with Crippen molar-refractivity contribution in [2.75, 3.05) is 19.5 Å². The first-order chi connectivity index (χ1) is 13.0. The predicted octanol–water partition coefficient (Wildman–Crippen LogP) is 2.81. The summed E-state index contributed by atoms with van der Waals surface area (Å²) in [5.41, 5.74) is 1.80. The van der Waals surface area contributed by atoms with E-state index >= 15 is 0 Å². The third-order valence-corrected chi connectivity index (χ3v) is 3.96. The van der Waals surface area contributed by atoms with E-state index in [9.17, 15) is 9.59 Å². The molecular weight excluding hydrogens is 346 g/mol. The molecule has 138 valence electrons. The Morgan fingerprint density at radius 1 is 1.00 bits per heavy atom. The minimum absolute atomic E-state index is 0.00786. The van der Waals surface area contributed by atoms with Crippen LogP contribution in [0.5, 0.6) is 11.5 Å². The number of carbonyl (C=O) groups is 1. The number of carbonyl (C=O) groups excluding carboxylic acids is 1. The summed E-state index contributed by atoms with van der Waals surface area (Å²) in [4.78, 5) is 25.1. The maximum absolute atomic E-state index is 12.7. The van der Waals surface area contributed by atoms with E-state index in [4.69, 9.17) is 9.47 Å². The molecule has 0 bridgehead atoms. The second-order valence-corrected chi connectivity index (χ2v) is 5.83. The first-order valence-corrected chi connectivity index (χ1v) is 8.22. The lowest BCUT2D eigenvalue weighted by Crippen LogP contribution is -2.26. The zero-order valence-electron chi connectivity index (χ0n) is 15.2. The fourth-order valence-corrected chi connectivity index (χ4v) is 2.49. The number of nitrogens with zero attached hydrogens (tertiary/aromatic N) is 2. The molecule has 0 saturated heterocycles. The third kappa shape index (κ3) is 3.98. The van der Waals surface area contributed by atoms with Gasteiger partial charge in [-0.1, -0.05) is 17.7 Å². The summed E-state index contributed by atoms with van der Waals surface area (Å²) in [6.07, 6.45) is 0. The van der Waals surface area contributed by atoms with Gasteiger partial charge in [0.2, 0.25) is 0 Å². The second kappa shape index (κ2) is 7.74. The number of amides is 1. The van der Waals surface area contributed by atoms with Crippen molar-refractivity contribution in [2.45, 2.75) is 6.92 Å². The van der Waals surface area contributed by atoms with E-state index in [1.165, 1.54) is 17.9 Å². The molecule has 7 nitrogen and oxygen atoms in total. The maximum Gasteiger partial charge on any atom is 0.280 e. The predicted molar refractivity (Wildman–Crippen MR) is 102 cm³/mol. The van der Waals surface area contributed by atoms with Crippen molar-refractivity contribution in [1.82, 2.24) is 9.78 Å². The lowest BCUT2D eigenvalue weighted by atomic mass is 10.2. The molecule has 3 rings (SSSR count). The molecule has 0 saturated carbocycles. The van der Waals surface area contributed by atoms with Gasteiger partial charge in [-0.3, -0.25) is 9.59 Å². The normalized spacial score (nSPS) is 10.3. The van der Waals surface area contributed by atoms with Gasteiger partial charge in [0.05, 0.1) is 26.0 Å². The minimum atomic E-state index is -0.488. The van der Waals surface area contributed by atoms with Crippen molar-refractivity contribution in [2.24, 2.45) is 0 Å². The van der Waals surface area contributed by atoms with Gasteiger partial charge in [0.1, 0.15) is 5.75 Å². The zero-order valence-corrected chi connectivity index (χ0v) is 15.2. The molecule has 1 heterocycles. The Morgan fingerprint density at radius 3 is 2.26 bits per heavy atom. The fraction of sp³-hybridized carbons (Fsp3) is 0.150. The number of hydrogen-bond donors (Lipinski definition) is 1. The van der Waals surface area contributed by atoms with Crippen molar-refractivity contribution >= 4 is 11.6 Å². The summed E-state index contributed by atoms with van der Waals surface area (Å²) in [6.45, 7) is 1.95. The highest BCUT2D eigenvalue weighted by molar-refractivity contribution is 6.04. The summed E-state index contributed by atoms with van der Waals surface area (Å²) in [7, 11) is 2.95. The lowest BCUT2D eigenvalue weighted by Gasteiger charge is -2.12. The Morgan fingerprint density at radius 2 is 1.67 bits per heavy atom. The van der Waals surface area contributed by atoms with Crippen molar-refractivity contribution in [3.05, 3.63) is 76.2 Å². The number of methoxy groups -OCH3 is 2. The molecule has 0 fully saturated rings. The average molecular weight is 365 g/mol. The SMILES string of the molecule is COc1ccc(NC(=O)c2nn(-c3ccc(C)cc3)c(=O)cc2OC)cc1. The molecule has 0 atom stereocenters. The molecule has 1 aromatic heterocycles. The number of aryl methyl sites for hydroxylation is 1. The first-order valence-electron chi connectivity index (χ1n) is 8.22. The van der Waals surface area contributed by atoms with Gasteiger partial charge in [-0.15, -0.1) is 0 Å². The van der Waals surface area contributed by atoms with E-state index in [2.05, 4.69) is 10.4 Å². The van der Waals surface area contributed by atoms with Crippen molar-refractivity contribution in [3.63, 3.8) is 0 Å². The van der Waals surface area contributed by atoms with E-state index in [1.807, 2.05) is 19.1 Å². The highest BCUT2D eigenvalue weighted by Gasteiger charge is 2.18. The Balaban J connectivity index is 1.97. The topological polar surface area (TPSA) is 82.5 Å². The summed E-state index contributed by atoms with van der Waals surface area (Å²) in [5.74, 6) is 0.295. The monoisotopic (exact) mass is 365 g/mol. The first kappa shape index (κ1) is 18.2. The standard InChI is InChI=1S/C20H19N3O4/c1-13-4-8-15(9-5-13)23-18(24)12-17(27-3)19(22-23)20(25)21-14-6-10-16(26-2)11-7-14/h4-12H,1-3H3,(H,21,25). The number of benzene rings is 2. The molecule has 0 spiro atoms. The molecule has 0 aliphatic carbocycles. The van der Waals surface area contributed by atoms with Gasteiger partial charge in [-0.05, 0) is 43.3 Å². The third-order valence-electron chi connectivity index (χ3n) is 3.96. The van der Waals surface area contributed by atoms with Gasteiger partial charge in [0.15, 0.2) is 11.4 Å². The average Bonchev–Trinajstić information content (AvgIpc) is 2.69. The molecular formula is C20H19N3O4. The van der Waals surface area contributed by atoms with E-state index in [0.717, 1.165) is 5.56 Å². The van der Waals surface area contributed by atoms with Crippen LogP contribution in [0.1, 0.15) is 16.1 Å². The van der Waals surface area contributed by atoms with Gasteiger partial charge in [-0.2, -0.15) is 9.78 Å². The summed E-state index contributed by atoms with van der Waals surface area (Å²) in [5, 5.41) is 6.95. The van der Waals surface area contributed by atoms with Crippen LogP contribution in [-0.4, -0.2) is 29.9 Å². The Hall–Kier alpha value is -3.61. The zero-order chi connectivity index (χ0) is 19.4. The van der Waals surface area contributed by atoms with Gasteiger partial charge < -0.3 is 14.8 Å². The Labute approximate surface area is 156 Å². The molecule has 1 N–H and O–H groups in total. The van der Waals surface area contributed by atoms with Gasteiger partial charge >= 0.3 is 0 Å². The number of hydrogen-bond acceptors (Lipinski definition) is 5. The molecule has 3 aromatic rings. The van der Waals surface area contributed by atoms with Crippen LogP contribution in [0, 0.1) is 6.92 Å². The molecule has 0 aliphatic heterocycles. The van der Waals surface area contributed by atoms with Gasteiger partial charge in [0, 0.05) is 5.69 Å². The van der Waals surface area contributed by atoms with E-state index in [0.29, 0.717) is 17.1 Å². The van der Waals surface area contributed by atoms with Crippen LogP contribution in [0.25, 0.3) is 5.69 Å². The van der Waals surface area contributed by atoms with Crippen molar-refractivity contribution in [1.29, 1.82) is 0 Å². The van der Waals surface area contributed by atoms with Crippen molar-refractivity contribution < 1.29 is 14.3 Å². The summed E-state index contributed by atoms with van der Waals surface area (Å²) >= 11 is 0. The van der Waals surface area contributed by atoms with E-state index in [-0.39, 0.29) is 11.4 Å². The van der Waals surface area contributed by atoms with Crippen LogP contribution in [-0.2, 0) is 0 Å². The van der Waals surface area contributed by atoms with Gasteiger partial charge in [0.25, 0.3) is 11.5 Å². The number of nitrogens with one attached hydrogen (secondary N) is 1. The van der Waals surface area contributed by atoms with Crippen LogP contribution >= 0.6 is 0 Å². The number of aromatic nitrogens is 2. The van der Waals surface area contributed by atoms with Crippen LogP contribution in [0.15, 0.2) is 59.4 Å².